The summed E-state index contributed by atoms with van der Waals surface area (Å²) in [4.78, 5) is 0. The highest BCUT2D eigenvalue weighted by molar-refractivity contribution is 4.85. The largest absolute Gasteiger partial charge is 0.502 e. The number of ether oxygens (including phenoxy) is 2. The van der Waals surface area contributed by atoms with Crippen LogP contribution < -0.4 is 0 Å². The highest BCUT2D eigenvalue weighted by atomic mass is 16.5. The maximum atomic E-state index is 5.22. The lowest BCUT2D eigenvalue weighted by atomic mass is 10.1. The van der Waals surface area contributed by atoms with E-state index in [1.807, 2.05) is 0 Å². The van der Waals surface area contributed by atoms with Gasteiger partial charge in [0, 0.05) is 6.42 Å². The van der Waals surface area contributed by atoms with Crippen LogP contribution in [-0.2, 0) is 9.47 Å². The van der Waals surface area contributed by atoms with E-state index in [4.69, 9.17) is 9.47 Å². The Hall–Kier alpha value is -1.01. The second kappa shape index (κ2) is 10.5. The van der Waals surface area contributed by atoms with Crippen molar-refractivity contribution in [3.05, 3.63) is 24.2 Å². The van der Waals surface area contributed by atoms with Crippen molar-refractivity contribution in [3.63, 3.8) is 0 Å². The van der Waals surface area contributed by atoms with Crippen molar-refractivity contribution in [1.29, 1.82) is 0 Å². The fraction of sp³-hybridized carbons (Fsp3) is 0.714. The normalized spacial score (nSPS) is 10.8. The number of rotatable bonds is 10. The zero-order chi connectivity index (χ0) is 12.2. The van der Waals surface area contributed by atoms with Gasteiger partial charge in [-0.25, -0.2) is 0 Å². The summed E-state index contributed by atoms with van der Waals surface area (Å²) in [6, 6.07) is 0. The maximum Gasteiger partial charge on any atom is 0.339 e. The Kier molecular flexibility index (Phi) is 9.84. The first-order valence-corrected chi connectivity index (χ1v) is 6.10. The zero-order valence-corrected chi connectivity index (χ0v) is 11.0. The van der Waals surface area contributed by atoms with E-state index < -0.39 is 0 Å². The average molecular weight is 225 g/mol. The summed E-state index contributed by atoms with van der Waals surface area (Å²) in [6.45, 7) is 5.88. The van der Waals surface area contributed by atoms with Gasteiger partial charge in [0.2, 0.25) is 0 Å². The average Bonchev–Trinajstić information content (AvgIpc) is 2.31. The molecule has 0 aromatic carbocycles. The smallest absolute Gasteiger partial charge is 0.339 e. The standard InChI is InChI=1S/C14H25O2/c1-5-10-14(16-4)12-9-7-6-8-11-13(2)15-3/h2,5-9,11-12H2,1,3-4H3/q+1. The molecule has 0 radical (unpaired) electrons. The molecule has 92 valence electrons. The SMILES string of the molecule is C=C(CCCCCCC(=[C+]CC)OC)OC. The molecule has 0 saturated carbocycles. The molecule has 0 aliphatic carbocycles. The van der Waals surface area contributed by atoms with Crippen molar-refractivity contribution in [2.75, 3.05) is 14.2 Å². The van der Waals surface area contributed by atoms with Crippen LogP contribution in [0.15, 0.2) is 18.1 Å². The number of methoxy groups -OCH3 is 2. The molecule has 0 amide bonds. The van der Waals surface area contributed by atoms with Crippen LogP contribution in [0.4, 0.5) is 0 Å². The lowest BCUT2D eigenvalue weighted by Crippen LogP contribution is -1.89. The van der Waals surface area contributed by atoms with Gasteiger partial charge >= 0.3 is 5.76 Å². The van der Waals surface area contributed by atoms with Crippen LogP contribution >= 0.6 is 0 Å². The Morgan fingerprint density at radius 2 is 1.62 bits per heavy atom. The summed E-state index contributed by atoms with van der Waals surface area (Å²) in [5, 5.41) is 0. The highest BCUT2D eigenvalue weighted by Gasteiger charge is 2.07. The highest BCUT2D eigenvalue weighted by Crippen LogP contribution is 2.13. The molecule has 0 aromatic rings. The topological polar surface area (TPSA) is 18.5 Å². The third kappa shape index (κ3) is 8.31. The molecule has 16 heavy (non-hydrogen) atoms. The molecule has 0 heterocycles. The molecule has 0 bridgehead atoms. The minimum atomic E-state index is 0.886. The van der Waals surface area contributed by atoms with Crippen molar-refractivity contribution < 1.29 is 9.47 Å². The van der Waals surface area contributed by atoms with Gasteiger partial charge in [0.1, 0.15) is 0 Å². The Labute approximate surface area is 100 Å². The van der Waals surface area contributed by atoms with Crippen molar-refractivity contribution in [2.24, 2.45) is 0 Å². The van der Waals surface area contributed by atoms with Crippen molar-refractivity contribution in [2.45, 2.75) is 51.9 Å². The predicted octanol–water partition coefficient (Wildman–Crippen LogP) is 4.23. The molecule has 2 heteroatoms. The van der Waals surface area contributed by atoms with Gasteiger partial charge in [-0.05, 0) is 19.8 Å². The van der Waals surface area contributed by atoms with E-state index in [1.165, 1.54) is 19.3 Å². The predicted molar refractivity (Wildman–Crippen MR) is 67.9 cm³/mol. The molecule has 0 unspecified atom stereocenters. The Bertz CT molecular complexity index is 207. The molecule has 0 spiro atoms. The minimum Gasteiger partial charge on any atom is -0.502 e. The van der Waals surface area contributed by atoms with Crippen LogP contribution in [0.3, 0.4) is 0 Å². The summed E-state index contributed by atoms with van der Waals surface area (Å²) in [6.07, 6.45) is 10.9. The number of hydrogen-bond acceptors (Lipinski definition) is 2. The Balaban J connectivity index is 3.39. The summed E-state index contributed by atoms with van der Waals surface area (Å²) in [7, 11) is 3.40. The molecule has 0 saturated heterocycles. The molecule has 0 aliphatic heterocycles. The van der Waals surface area contributed by atoms with Crippen LogP contribution in [0.2, 0.25) is 0 Å². The van der Waals surface area contributed by atoms with Gasteiger partial charge in [0.15, 0.2) is 6.42 Å². The van der Waals surface area contributed by atoms with E-state index in [9.17, 15) is 0 Å². The quantitative estimate of drug-likeness (QED) is 0.315. The van der Waals surface area contributed by atoms with Crippen LogP contribution in [-0.4, -0.2) is 14.2 Å². The zero-order valence-electron chi connectivity index (χ0n) is 11.0. The summed E-state index contributed by atoms with van der Waals surface area (Å²) < 4.78 is 10.2. The molecule has 0 aromatic heterocycles. The van der Waals surface area contributed by atoms with Crippen LogP contribution in [0.25, 0.3) is 0 Å². The Morgan fingerprint density at radius 1 is 1.00 bits per heavy atom. The molecule has 0 atom stereocenters. The first-order valence-electron chi connectivity index (χ1n) is 6.10. The lowest BCUT2D eigenvalue weighted by Gasteiger charge is -2.03. The van der Waals surface area contributed by atoms with Gasteiger partial charge in [0.25, 0.3) is 6.08 Å². The number of hydrogen-bond donors (Lipinski definition) is 0. The van der Waals surface area contributed by atoms with Crippen LogP contribution in [0.5, 0.6) is 0 Å². The summed E-state index contributed by atoms with van der Waals surface area (Å²) >= 11 is 0. The second-order valence-electron chi connectivity index (χ2n) is 3.81. The summed E-state index contributed by atoms with van der Waals surface area (Å²) in [5.74, 6) is 1.89. The molecular weight excluding hydrogens is 200 g/mol. The van der Waals surface area contributed by atoms with Gasteiger partial charge < -0.3 is 9.47 Å². The fourth-order valence-corrected chi connectivity index (χ4v) is 1.52. The van der Waals surface area contributed by atoms with Gasteiger partial charge in [0.05, 0.1) is 26.4 Å². The van der Waals surface area contributed by atoms with Gasteiger partial charge in [-0.2, -0.15) is 0 Å². The minimum absolute atomic E-state index is 0.886. The lowest BCUT2D eigenvalue weighted by molar-refractivity contribution is 0.267. The van der Waals surface area contributed by atoms with Crippen LogP contribution in [0, 0.1) is 6.08 Å². The molecule has 0 aliphatic rings. The van der Waals surface area contributed by atoms with E-state index in [1.54, 1.807) is 14.2 Å². The van der Waals surface area contributed by atoms with Crippen molar-refractivity contribution in [3.8, 4) is 0 Å². The van der Waals surface area contributed by atoms with E-state index >= 15 is 0 Å². The number of allylic oxidation sites excluding steroid dienone is 3. The summed E-state index contributed by atoms with van der Waals surface area (Å²) in [5.41, 5.74) is 0. The molecular formula is C14H25O2+. The first kappa shape index (κ1) is 15.0. The van der Waals surface area contributed by atoms with Crippen molar-refractivity contribution >= 4 is 0 Å². The molecule has 0 fully saturated rings. The van der Waals surface area contributed by atoms with Gasteiger partial charge in [-0.3, -0.25) is 0 Å². The molecule has 0 N–H and O–H groups in total. The first-order chi connectivity index (χ1) is 7.74. The van der Waals surface area contributed by atoms with Gasteiger partial charge in [-0.15, -0.1) is 0 Å². The number of unbranched alkanes of at least 4 members (excludes halogenated alkanes) is 3. The van der Waals surface area contributed by atoms with E-state index in [0.717, 1.165) is 37.2 Å². The maximum absolute atomic E-state index is 5.22. The van der Waals surface area contributed by atoms with E-state index in [2.05, 4.69) is 19.6 Å². The van der Waals surface area contributed by atoms with E-state index in [-0.39, 0.29) is 0 Å². The van der Waals surface area contributed by atoms with E-state index in [0.29, 0.717) is 0 Å². The fourth-order valence-electron chi connectivity index (χ4n) is 1.52. The monoisotopic (exact) mass is 225 g/mol. The molecule has 2 nitrogen and oxygen atoms in total. The van der Waals surface area contributed by atoms with Crippen LogP contribution in [0.1, 0.15) is 51.9 Å². The van der Waals surface area contributed by atoms with Crippen molar-refractivity contribution in [1.82, 2.24) is 0 Å². The third-order valence-electron chi connectivity index (χ3n) is 2.52. The molecule has 0 rings (SSSR count). The Morgan fingerprint density at radius 3 is 2.12 bits per heavy atom. The third-order valence-corrected chi connectivity index (χ3v) is 2.52. The van der Waals surface area contributed by atoms with Gasteiger partial charge in [-0.1, -0.05) is 19.4 Å². The second-order valence-corrected chi connectivity index (χ2v) is 3.81.